The lowest BCUT2D eigenvalue weighted by Crippen LogP contribution is -2.44. The van der Waals surface area contributed by atoms with Crippen molar-refractivity contribution in [1.29, 1.82) is 0 Å². The predicted molar refractivity (Wildman–Crippen MR) is 115 cm³/mol. The molecular weight excluding hydrogens is 459 g/mol. The van der Waals surface area contributed by atoms with Crippen molar-refractivity contribution >= 4 is 29.9 Å². The number of halogens is 1. The topological polar surface area (TPSA) is 91.9 Å². The smallest absolute Gasteiger partial charge is 0.226 e. The van der Waals surface area contributed by atoms with Crippen molar-refractivity contribution in [3.8, 4) is 11.5 Å². The van der Waals surface area contributed by atoms with E-state index >= 15 is 0 Å². The number of nitrogens with zero attached hydrogens (tertiary/aromatic N) is 2. The number of nitrogens with one attached hydrogen (secondary N) is 2. The Hall–Kier alpha value is -1.65. The van der Waals surface area contributed by atoms with Crippen LogP contribution < -0.4 is 10.6 Å². The van der Waals surface area contributed by atoms with Crippen LogP contribution >= 0.6 is 24.0 Å². The van der Waals surface area contributed by atoms with Gasteiger partial charge in [-0.2, -0.15) is 0 Å². The largest absolute Gasteiger partial charge is 0.444 e. The molecule has 0 aliphatic carbocycles. The molecule has 2 aromatic rings. The standard InChI is InChI=1S/C19H26N4O3.HI/c1-20-18(22-13-19(7-9-24)8-10-25-14-19)21-11-16-12-26-17(23-16)15-5-3-2-4-6-15;/h2-6,12,24H,7-11,13-14H2,1H3,(H2,20,21,22);1H. The van der Waals surface area contributed by atoms with Gasteiger partial charge in [0.25, 0.3) is 0 Å². The van der Waals surface area contributed by atoms with Crippen LogP contribution in [0.3, 0.4) is 0 Å². The molecule has 1 aromatic carbocycles. The number of aliphatic hydroxyl groups is 1. The number of guanidine groups is 1. The number of oxazole rings is 1. The van der Waals surface area contributed by atoms with Gasteiger partial charge in [-0.25, -0.2) is 4.98 Å². The van der Waals surface area contributed by atoms with Gasteiger partial charge in [-0.05, 0) is 25.0 Å². The molecule has 148 valence electrons. The zero-order valence-corrected chi connectivity index (χ0v) is 17.8. The second-order valence-electron chi connectivity index (χ2n) is 6.57. The molecule has 0 saturated carbocycles. The second-order valence-corrected chi connectivity index (χ2v) is 6.57. The maximum atomic E-state index is 9.31. The van der Waals surface area contributed by atoms with Gasteiger partial charge < -0.3 is 24.9 Å². The summed E-state index contributed by atoms with van der Waals surface area (Å²) in [6.07, 6.45) is 3.32. The van der Waals surface area contributed by atoms with Crippen molar-refractivity contribution in [2.45, 2.75) is 19.4 Å². The van der Waals surface area contributed by atoms with Crippen molar-refractivity contribution in [1.82, 2.24) is 15.6 Å². The Morgan fingerprint density at radius 3 is 2.78 bits per heavy atom. The molecule has 1 aromatic heterocycles. The van der Waals surface area contributed by atoms with E-state index in [2.05, 4.69) is 20.6 Å². The lowest BCUT2D eigenvalue weighted by molar-refractivity contribution is 0.127. The van der Waals surface area contributed by atoms with Gasteiger partial charge in [-0.15, -0.1) is 24.0 Å². The van der Waals surface area contributed by atoms with Gasteiger partial charge in [0, 0.05) is 37.8 Å². The molecule has 1 saturated heterocycles. The Bertz CT molecular complexity index is 715. The number of hydrogen-bond acceptors (Lipinski definition) is 5. The van der Waals surface area contributed by atoms with Crippen LogP contribution in [0.2, 0.25) is 0 Å². The van der Waals surface area contributed by atoms with Crippen LogP contribution in [0.25, 0.3) is 11.5 Å². The maximum absolute atomic E-state index is 9.31. The molecule has 8 heteroatoms. The third kappa shape index (κ3) is 5.91. The zero-order chi connectivity index (χ0) is 18.2. The third-order valence-corrected chi connectivity index (χ3v) is 4.69. The second kappa shape index (κ2) is 10.6. The lowest BCUT2D eigenvalue weighted by atomic mass is 9.84. The van der Waals surface area contributed by atoms with Crippen LogP contribution in [-0.4, -0.2) is 49.5 Å². The number of benzene rings is 1. The van der Waals surface area contributed by atoms with Gasteiger partial charge in [0.2, 0.25) is 5.89 Å². The van der Waals surface area contributed by atoms with E-state index in [9.17, 15) is 5.11 Å². The summed E-state index contributed by atoms with van der Waals surface area (Å²) in [6.45, 7) is 2.80. The molecule has 2 heterocycles. The van der Waals surface area contributed by atoms with E-state index < -0.39 is 0 Å². The molecule has 7 nitrogen and oxygen atoms in total. The van der Waals surface area contributed by atoms with Crippen molar-refractivity contribution in [2.75, 3.05) is 33.4 Å². The fourth-order valence-electron chi connectivity index (χ4n) is 3.08. The SMILES string of the molecule is CN=C(NCc1coc(-c2ccccc2)n1)NCC1(CCO)CCOC1.I. The van der Waals surface area contributed by atoms with Crippen molar-refractivity contribution in [3.05, 3.63) is 42.3 Å². The number of aromatic nitrogens is 1. The van der Waals surface area contributed by atoms with Crippen molar-refractivity contribution < 1.29 is 14.3 Å². The molecule has 27 heavy (non-hydrogen) atoms. The molecule has 1 fully saturated rings. The third-order valence-electron chi connectivity index (χ3n) is 4.69. The molecular formula is C19H27IN4O3. The van der Waals surface area contributed by atoms with Crippen LogP contribution in [0.1, 0.15) is 18.5 Å². The van der Waals surface area contributed by atoms with Crippen LogP contribution in [-0.2, 0) is 11.3 Å². The molecule has 1 aliphatic heterocycles. The Labute approximate surface area is 176 Å². The number of ether oxygens (including phenoxy) is 1. The minimum atomic E-state index is -0.0270. The van der Waals surface area contributed by atoms with Gasteiger partial charge in [-0.1, -0.05) is 18.2 Å². The predicted octanol–water partition coefficient (Wildman–Crippen LogP) is 2.41. The van der Waals surface area contributed by atoms with Gasteiger partial charge in [0.15, 0.2) is 5.96 Å². The van der Waals surface area contributed by atoms with Gasteiger partial charge in [-0.3, -0.25) is 4.99 Å². The van der Waals surface area contributed by atoms with Crippen molar-refractivity contribution in [3.63, 3.8) is 0 Å². The Kier molecular flexibility index (Phi) is 8.52. The maximum Gasteiger partial charge on any atom is 0.226 e. The molecule has 0 amide bonds. The lowest BCUT2D eigenvalue weighted by Gasteiger charge is -2.27. The van der Waals surface area contributed by atoms with Crippen LogP contribution in [0, 0.1) is 5.41 Å². The minimum Gasteiger partial charge on any atom is -0.444 e. The normalized spacial score (nSPS) is 19.6. The highest BCUT2D eigenvalue weighted by molar-refractivity contribution is 14.0. The minimum absolute atomic E-state index is 0. The van der Waals surface area contributed by atoms with E-state index in [-0.39, 0.29) is 36.0 Å². The molecule has 0 radical (unpaired) electrons. The molecule has 0 bridgehead atoms. The Balaban J connectivity index is 0.00000261. The highest BCUT2D eigenvalue weighted by atomic mass is 127. The number of hydrogen-bond donors (Lipinski definition) is 3. The first-order valence-corrected chi connectivity index (χ1v) is 8.88. The monoisotopic (exact) mass is 486 g/mol. The summed E-state index contributed by atoms with van der Waals surface area (Å²) < 4.78 is 11.1. The summed E-state index contributed by atoms with van der Waals surface area (Å²) in [5.74, 6) is 1.30. The number of aliphatic imine (C=N–C) groups is 1. The first kappa shape index (κ1) is 21.6. The molecule has 1 unspecified atom stereocenters. The first-order valence-electron chi connectivity index (χ1n) is 8.88. The summed E-state index contributed by atoms with van der Waals surface area (Å²) in [5.41, 5.74) is 1.73. The van der Waals surface area contributed by atoms with E-state index in [1.54, 1.807) is 13.3 Å². The van der Waals surface area contributed by atoms with E-state index in [4.69, 9.17) is 9.15 Å². The Morgan fingerprint density at radius 2 is 2.11 bits per heavy atom. The first-order chi connectivity index (χ1) is 12.7. The summed E-state index contributed by atoms with van der Waals surface area (Å²) >= 11 is 0. The average Bonchev–Trinajstić information content (AvgIpc) is 3.33. The Morgan fingerprint density at radius 1 is 1.30 bits per heavy atom. The van der Waals surface area contributed by atoms with Gasteiger partial charge in [0.1, 0.15) is 6.26 Å². The molecule has 0 spiro atoms. The van der Waals surface area contributed by atoms with E-state index in [1.165, 1.54) is 0 Å². The summed E-state index contributed by atoms with van der Waals surface area (Å²) in [6, 6.07) is 9.81. The summed E-state index contributed by atoms with van der Waals surface area (Å²) in [5, 5.41) is 15.9. The van der Waals surface area contributed by atoms with Crippen molar-refractivity contribution in [2.24, 2.45) is 10.4 Å². The zero-order valence-electron chi connectivity index (χ0n) is 15.5. The summed E-state index contributed by atoms with van der Waals surface area (Å²) in [4.78, 5) is 8.76. The highest BCUT2D eigenvalue weighted by Crippen LogP contribution is 2.31. The average molecular weight is 486 g/mol. The van der Waals surface area contributed by atoms with Gasteiger partial charge >= 0.3 is 0 Å². The van der Waals surface area contributed by atoms with Crippen LogP contribution in [0.5, 0.6) is 0 Å². The summed E-state index contributed by atoms with van der Waals surface area (Å²) in [7, 11) is 1.73. The molecule has 3 rings (SSSR count). The fraction of sp³-hybridized carbons (Fsp3) is 0.474. The van der Waals surface area contributed by atoms with Gasteiger partial charge in [0.05, 0.1) is 18.8 Å². The highest BCUT2D eigenvalue weighted by Gasteiger charge is 2.34. The molecule has 1 atom stereocenters. The molecule has 3 N–H and O–H groups in total. The number of rotatable bonds is 7. The number of aliphatic hydroxyl groups excluding tert-OH is 1. The van der Waals surface area contributed by atoms with Crippen LogP contribution in [0.15, 0.2) is 46.0 Å². The fourth-order valence-corrected chi connectivity index (χ4v) is 3.08. The van der Waals surface area contributed by atoms with Crippen LogP contribution in [0.4, 0.5) is 0 Å². The molecule has 1 aliphatic rings. The van der Waals surface area contributed by atoms with E-state index in [1.807, 2.05) is 30.3 Å². The quantitative estimate of drug-likeness (QED) is 0.317. The van der Waals surface area contributed by atoms with E-state index in [0.717, 1.165) is 30.7 Å². The van der Waals surface area contributed by atoms with E-state index in [0.29, 0.717) is 31.5 Å².